The maximum Gasteiger partial charge on any atom is 0.492 e. The largest absolute Gasteiger partial charge is 0.497 e. The quantitative estimate of drug-likeness (QED) is 0.253. The van der Waals surface area contributed by atoms with E-state index in [-0.39, 0.29) is 21.7 Å². The molecule has 14 heteroatoms. The maximum atomic E-state index is 13.1. The molecule has 0 aliphatic rings. The summed E-state index contributed by atoms with van der Waals surface area (Å²) in [5.74, 6) is -0.252. The van der Waals surface area contributed by atoms with Crippen molar-refractivity contribution in [2.45, 2.75) is 0 Å². The van der Waals surface area contributed by atoms with E-state index in [4.69, 9.17) is 58.1 Å². The molecule has 0 radical (unpaired) electrons. The molecular formula is C20H22B3Cl2FO8. The summed E-state index contributed by atoms with van der Waals surface area (Å²) >= 11 is 11.2. The van der Waals surface area contributed by atoms with Crippen LogP contribution in [0.3, 0.4) is 0 Å². The van der Waals surface area contributed by atoms with Crippen LogP contribution in [0.2, 0.25) is 10.0 Å². The summed E-state index contributed by atoms with van der Waals surface area (Å²) in [6.45, 7) is 0. The highest BCUT2D eigenvalue weighted by molar-refractivity contribution is 6.63. The molecule has 3 aromatic rings. The minimum atomic E-state index is -1.81. The minimum Gasteiger partial charge on any atom is -0.497 e. The lowest BCUT2D eigenvalue weighted by atomic mass is 9.80. The summed E-state index contributed by atoms with van der Waals surface area (Å²) in [4.78, 5) is 0. The Bertz CT molecular complexity index is 1040. The third-order valence-electron chi connectivity index (χ3n) is 4.15. The number of hydrogen-bond acceptors (Lipinski definition) is 8. The van der Waals surface area contributed by atoms with E-state index in [0.717, 1.165) is 0 Å². The number of hydrogen-bond donors (Lipinski definition) is 6. The highest BCUT2D eigenvalue weighted by Gasteiger charge is 2.19. The van der Waals surface area contributed by atoms with Crippen LogP contribution in [0.5, 0.6) is 11.5 Å². The fourth-order valence-electron chi connectivity index (χ4n) is 2.48. The van der Waals surface area contributed by atoms with Gasteiger partial charge >= 0.3 is 21.4 Å². The van der Waals surface area contributed by atoms with Gasteiger partial charge in [-0.15, -0.1) is 0 Å². The van der Waals surface area contributed by atoms with Gasteiger partial charge in [0.15, 0.2) is 11.6 Å². The first-order valence-corrected chi connectivity index (χ1v) is 10.3. The summed E-state index contributed by atoms with van der Waals surface area (Å²) in [7, 11) is -2.02. The van der Waals surface area contributed by atoms with Crippen molar-refractivity contribution in [1.82, 2.24) is 0 Å². The Morgan fingerprint density at radius 3 is 1.62 bits per heavy atom. The predicted molar refractivity (Wildman–Crippen MR) is 132 cm³/mol. The summed E-state index contributed by atoms with van der Waals surface area (Å²) in [5, 5.41) is 53.2. The molecule has 180 valence electrons. The molecule has 0 bridgehead atoms. The first-order chi connectivity index (χ1) is 16.0. The number of ether oxygens (including phenoxy) is 2. The van der Waals surface area contributed by atoms with E-state index in [1.54, 1.807) is 30.3 Å². The molecule has 0 aliphatic heterocycles. The number of benzene rings is 3. The fraction of sp³-hybridized carbons (Fsp3) is 0.100. The zero-order valence-electron chi connectivity index (χ0n) is 18.1. The first kappa shape index (κ1) is 29.8. The van der Waals surface area contributed by atoms with Crippen molar-refractivity contribution in [2.24, 2.45) is 0 Å². The highest BCUT2D eigenvalue weighted by Crippen LogP contribution is 2.14. The molecule has 34 heavy (non-hydrogen) atoms. The monoisotopic (exact) mass is 512 g/mol. The van der Waals surface area contributed by atoms with Crippen molar-refractivity contribution in [3.8, 4) is 11.5 Å². The summed E-state index contributed by atoms with van der Waals surface area (Å²) in [6.07, 6.45) is 0. The van der Waals surface area contributed by atoms with Gasteiger partial charge in [0.1, 0.15) is 5.75 Å². The zero-order valence-corrected chi connectivity index (χ0v) is 19.7. The molecule has 0 fully saturated rings. The van der Waals surface area contributed by atoms with Crippen molar-refractivity contribution < 1.29 is 44.0 Å². The number of methoxy groups -OCH3 is 2. The summed E-state index contributed by atoms with van der Waals surface area (Å²) in [5.41, 5.74) is 0.459. The van der Waals surface area contributed by atoms with Crippen LogP contribution >= 0.6 is 23.2 Å². The fourth-order valence-corrected chi connectivity index (χ4v) is 2.98. The summed E-state index contributed by atoms with van der Waals surface area (Å²) < 4.78 is 22.6. The lowest BCUT2D eigenvalue weighted by molar-refractivity contribution is 0.384. The van der Waals surface area contributed by atoms with Gasteiger partial charge in [0.05, 0.1) is 14.2 Å². The Labute approximate surface area is 207 Å². The maximum absolute atomic E-state index is 13.1. The normalized spacial score (nSPS) is 9.62. The van der Waals surface area contributed by atoms with Gasteiger partial charge in [0, 0.05) is 26.4 Å². The van der Waals surface area contributed by atoms with Crippen LogP contribution in [0.1, 0.15) is 0 Å². The Kier molecular flexibility index (Phi) is 13.0. The third-order valence-corrected chi connectivity index (χ3v) is 4.71. The van der Waals surface area contributed by atoms with Gasteiger partial charge < -0.3 is 39.6 Å². The molecule has 0 saturated carbocycles. The van der Waals surface area contributed by atoms with Crippen molar-refractivity contribution in [1.29, 1.82) is 0 Å². The molecule has 0 heterocycles. The minimum absolute atomic E-state index is 0.000556. The molecule has 6 N–H and O–H groups in total. The van der Waals surface area contributed by atoms with Gasteiger partial charge in [-0.1, -0.05) is 59.6 Å². The van der Waals surface area contributed by atoms with Crippen molar-refractivity contribution in [2.75, 3.05) is 14.2 Å². The number of rotatable bonds is 5. The Balaban J connectivity index is 0.000000255. The molecular weight excluding hydrogens is 491 g/mol. The Hall–Kier alpha value is -2.28. The van der Waals surface area contributed by atoms with Gasteiger partial charge in [-0.3, -0.25) is 0 Å². The molecule has 0 aliphatic carbocycles. The first-order valence-electron chi connectivity index (χ1n) is 9.52. The lowest BCUT2D eigenvalue weighted by Gasteiger charge is -2.05. The van der Waals surface area contributed by atoms with Gasteiger partial charge in [0.25, 0.3) is 0 Å². The van der Waals surface area contributed by atoms with Crippen LogP contribution in [-0.2, 0) is 0 Å². The topological polar surface area (TPSA) is 140 Å². The van der Waals surface area contributed by atoms with Gasteiger partial charge in [0.2, 0.25) is 0 Å². The van der Waals surface area contributed by atoms with E-state index >= 15 is 0 Å². The van der Waals surface area contributed by atoms with E-state index in [2.05, 4.69) is 4.74 Å². The van der Waals surface area contributed by atoms with Crippen LogP contribution in [0.4, 0.5) is 4.39 Å². The lowest BCUT2D eigenvalue weighted by Crippen LogP contribution is -2.32. The molecule has 3 aromatic carbocycles. The molecule has 0 atom stereocenters. The standard InChI is InChI=1S/C7H8BFO3.C7H9BO3.C6H5BCl2O2/c1-12-6-4-2-3-5(7(6)9)8(10)11;1-11-7-5-3-2-4-6(7)8(9)10;8-4-1-2-5(7(10)11)6(9)3-4/h2-4,10-11H,1H3;2-5,9-10H,1H3;1-3,10-11H. The van der Waals surface area contributed by atoms with Gasteiger partial charge in [-0.05, 0) is 24.3 Å². The van der Waals surface area contributed by atoms with Crippen molar-refractivity contribution >= 4 is 60.9 Å². The number of halogens is 3. The zero-order chi connectivity index (χ0) is 25.8. The van der Waals surface area contributed by atoms with Crippen molar-refractivity contribution in [3.05, 3.63) is 76.5 Å². The van der Waals surface area contributed by atoms with E-state index in [9.17, 15) is 4.39 Å². The average molecular weight is 513 g/mol. The predicted octanol–water partition coefficient (Wildman–Crippen LogP) is -0.438. The van der Waals surface area contributed by atoms with Gasteiger partial charge in [-0.25, -0.2) is 4.39 Å². The van der Waals surface area contributed by atoms with Gasteiger partial charge in [-0.2, -0.15) is 0 Å². The van der Waals surface area contributed by atoms with E-state index in [0.29, 0.717) is 16.2 Å². The van der Waals surface area contributed by atoms with E-state index < -0.39 is 27.2 Å². The van der Waals surface area contributed by atoms with Crippen LogP contribution in [0, 0.1) is 5.82 Å². The summed E-state index contributed by atoms with van der Waals surface area (Å²) in [6, 6.07) is 15.4. The van der Waals surface area contributed by atoms with E-state index in [1.807, 2.05) is 0 Å². The van der Waals surface area contributed by atoms with Crippen molar-refractivity contribution in [3.63, 3.8) is 0 Å². The molecule has 0 saturated heterocycles. The second-order valence-electron chi connectivity index (χ2n) is 6.39. The Morgan fingerprint density at radius 2 is 1.15 bits per heavy atom. The molecule has 0 aromatic heterocycles. The molecule has 0 spiro atoms. The molecule has 0 unspecified atom stereocenters. The third kappa shape index (κ3) is 9.17. The number of para-hydroxylation sites is 1. The van der Waals surface area contributed by atoms with Crippen LogP contribution in [0.25, 0.3) is 0 Å². The molecule has 3 rings (SSSR count). The molecule has 0 amide bonds. The highest BCUT2D eigenvalue weighted by atomic mass is 35.5. The molecule has 8 nitrogen and oxygen atoms in total. The van der Waals surface area contributed by atoms with Crippen LogP contribution in [0.15, 0.2) is 60.7 Å². The smallest absolute Gasteiger partial charge is 0.492 e. The second kappa shape index (κ2) is 14.9. The van der Waals surface area contributed by atoms with E-state index in [1.165, 1.54) is 44.6 Å². The SMILES string of the molecule is COc1cccc(B(O)O)c1F.COc1ccccc1B(O)O.OB(O)c1ccc(Cl)cc1Cl. The van der Waals surface area contributed by atoms with Crippen LogP contribution in [-0.4, -0.2) is 65.7 Å². The second-order valence-corrected chi connectivity index (χ2v) is 7.24. The average Bonchev–Trinajstić information content (AvgIpc) is 2.79. The van der Waals surface area contributed by atoms with Crippen LogP contribution < -0.4 is 25.9 Å². The Morgan fingerprint density at radius 1 is 0.647 bits per heavy atom.